The highest BCUT2D eigenvalue weighted by molar-refractivity contribution is 7.92. The molecule has 3 aromatic carbocycles. The molecule has 1 atom stereocenters. The van der Waals surface area contributed by atoms with Gasteiger partial charge in [-0.05, 0) is 47.9 Å². The van der Waals surface area contributed by atoms with Crippen LogP contribution < -0.4 is 14.4 Å². The number of amides is 2. The lowest BCUT2D eigenvalue weighted by molar-refractivity contribution is -0.140. The first-order valence-corrected chi connectivity index (χ1v) is 14.4. The van der Waals surface area contributed by atoms with Gasteiger partial charge in [0.15, 0.2) is 0 Å². The van der Waals surface area contributed by atoms with Gasteiger partial charge in [0.25, 0.3) is 0 Å². The van der Waals surface area contributed by atoms with Gasteiger partial charge in [0.2, 0.25) is 21.8 Å². The molecule has 0 radical (unpaired) electrons. The minimum atomic E-state index is -3.84. The standard InChI is InChI=1S/C28H32ClN3O5S/c1-4-26(28(34)30-2)31(18-22-12-8-9-13-25(22)29)27(33)19-32(38(3,35)36)23-14-16-24(17-15-23)37-20-21-10-6-5-7-11-21/h5-17,26H,4,18-20H2,1-3H3,(H,30,34)/t26-/m0/s1. The Morgan fingerprint density at radius 3 is 2.18 bits per heavy atom. The van der Waals surface area contributed by atoms with Crippen molar-refractivity contribution in [3.8, 4) is 5.75 Å². The van der Waals surface area contributed by atoms with Gasteiger partial charge in [-0.2, -0.15) is 0 Å². The highest BCUT2D eigenvalue weighted by Gasteiger charge is 2.31. The third-order valence-electron chi connectivity index (χ3n) is 5.98. The maximum atomic E-state index is 13.6. The van der Waals surface area contributed by atoms with Crippen LogP contribution in [0.1, 0.15) is 24.5 Å². The predicted octanol–water partition coefficient (Wildman–Crippen LogP) is 4.24. The van der Waals surface area contributed by atoms with Gasteiger partial charge < -0.3 is 15.0 Å². The fourth-order valence-corrected chi connectivity index (χ4v) is 5.00. The summed E-state index contributed by atoms with van der Waals surface area (Å²) in [4.78, 5) is 27.6. The highest BCUT2D eigenvalue weighted by Crippen LogP contribution is 2.24. The molecule has 0 bridgehead atoms. The van der Waals surface area contributed by atoms with Crippen molar-refractivity contribution in [2.45, 2.75) is 32.5 Å². The summed E-state index contributed by atoms with van der Waals surface area (Å²) in [7, 11) is -2.34. The third-order valence-corrected chi connectivity index (χ3v) is 7.49. The van der Waals surface area contributed by atoms with Crippen LogP contribution in [0.4, 0.5) is 5.69 Å². The molecule has 0 saturated heterocycles. The van der Waals surface area contributed by atoms with Crippen LogP contribution >= 0.6 is 11.6 Å². The second-order valence-electron chi connectivity index (χ2n) is 8.69. The summed E-state index contributed by atoms with van der Waals surface area (Å²) in [6.07, 6.45) is 1.37. The Morgan fingerprint density at radius 1 is 0.974 bits per heavy atom. The number of benzene rings is 3. The van der Waals surface area contributed by atoms with Gasteiger partial charge in [0.1, 0.15) is 24.9 Å². The van der Waals surface area contributed by atoms with Gasteiger partial charge in [-0.1, -0.05) is 67.1 Å². The summed E-state index contributed by atoms with van der Waals surface area (Å²) >= 11 is 6.33. The number of hydrogen-bond donors (Lipinski definition) is 1. The molecular formula is C28H32ClN3O5S. The Labute approximate surface area is 229 Å². The molecule has 0 saturated carbocycles. The van der Waals surface area contributed by atoms with Gasteiger partial charge >= 0.3 is 0 Å². The Hall–Kier alpha value is -3.56. The van der Waals surface area contributed by atoms with E-state index in [1.54, 1.807) is 55.5 Å². The van der Waals surface area contributed by atoms with Crippen LogP contribution in [0.5, 0.6) is 5.75 Å². The van der Waals surface area contributed by atoms with Crippen molar-refractivity contribution in [1.29, 1.82) is 0 Å². The maximum Gasteiger partial charge on any atom is 0.244 e. The van der Waals surface area contributed by atoms with Crippen LogP contribution in [0.15, 0.2) is 78.9 Å². The molecule has 0 fully saturated rings. The van der Waals surface area contributed by atoms with Gasteiger partial charge in [0.05, 0.1) is 11.9 Å². The topological polar surface area (TPSA) is 96.0 Å². The minimum absolute atomic E-state index is 0.0499. The molecule has 0 unspecified atom stereocenters. The number of ether oxygens (including phenoxy) is 1. The van der Waals surface area contributed by atoms with Crippen LogP contribution in [-0.2, 0) is 32.8 Å². The van der Waals surface area contributed by atoms with Crippen molar-refractivity contribution in [3.05, 3.63) is 95.0 Å². The summed E-state index contributed by atoms with van der Waals surface area (Å²) in [5.74, 6) is -0.322. The lowest BCUT2D eigenvalue weighted by Crippen LogP contribution is -2.51. The molecule has 0 aromatic heterocycles. The normalized spacial score (nSPS) is 11.9. The van der Waals surface area contributed by atoms with Gasteiger partial charge in [-0.15, -0.1) is 0 Å². The van der Waals surface area contributed by atoms with E-state index in [0.717, 1.165) is 16.1 Å². The molecule has 2 amide bonds. The first-order valence-electron chi connectivity index (χ1n) is 12.1. The number of nitrogens with zero attached hydrogens (tertiary/aromatic N) is 2. The summed E-state index contributed by atoms with van der Waals surface area (Å²) in [6, 6.07) is 22.4. The molecule has 202 valence electrons. The van der Waals surface area contributed by atoms with Crippen molar-refractivity contribution in [2.75, 3.05) is 24.2 Å². The average Bonchev–Trinajstić information content (AvgIpc) is 2.91. The Morgan fingerprint density at radius 2 is 1.61 bits per heavy atom. The molecule has 0 aliphatic heterocycles. The fourth-order valence-electron chi connectivity index (χ4n) is 3.96. The average molecular weight is 558 g/mol. The molecule has 8 nitrogen and oxygen atoms in total. The molecule has 0 heterocycles. The fraction of sp³-hybridized carbons (Fsp3) is 0.286. The first kappa shape index (κ1) is 29.0. The Kier molecular flexibility index (Phi) is 10.2. The largest absolute Gasteiger partial charge is 0.489 e. The van der Waals surface area contributed by atoms with Gasteiger partial charge in [-0.3, -0.25) is 13.9 Å². The maximum absolute atomic E-state index is 13.6. The van der Waals surface area contributed by atoms with Gasteiger partial charge in [-0.25, -0.2) is 8.42 Å². The van der Waals surface area contributed by atoms with Crippen molar-refractivity contribution in [3.63, 3.8) is 0 Å². The van der Waals surface area contributed by atoms with E-state index in [9.17, 15) is 18.0 Å². The lowest BCUT2D eigenvalue weighted by Gasteiger charge is -2.32. The molecule has 0 aliphatic rings. The van der Waals surface area contributed by atoms with Crippen molar-refractivity contribution >= 4 is 39.1 Å². The molecule has 3 aromatic rings. The summed E-state index contributed by atoms with van der Waals surface area (Å²) in [5.41, 5.74) is 1.95. The Bertz CT molecular complexity index is 1330. The lowest BCUT2D eigenvalue weighted by atomic mass is 10.1. The number of likely N-dealkylation sites (N-methyl/N-ethyl adjacent to an activating group) is 1. The van der Waals surface area contributed by atoms with E-state index in [4.69, 9.17) is 16.3 Å². The number of hydrogen-bond acceptors (Lipinski definition) is 5. The van der Waals surface area contributed by atoms with E-state index in [1.165, 1.54) is 11.9 Å². The second-order valence-corrected chi connectivity index (χ2v) is 11.0. The SMILES string of the molecule is CC[C@@H](C(=O)NC)N(Cc1ccccc1Cl)C(=O)CN(c1ccc(OCc2ccccc2)cc1)S(C)(=O)=O. The minimum Gasteiger partial charge on any atom is -0.489 e. The van der Waals surface area contributed by atoms with E-state index in [1.807, 2.05) is 30.3 Å². The van der Waals surface area contributed by atoms with Crippen LogP contribution in [0, 0.1) is 0 Å². The van der Waals surface area contributed by atoms with Crippen molar-refractivity contribution in [1.82, 2.24) is 10.2 Å². The number of carbonyl (C=O) groups excluding carboxylic acids is 2. The second kappa shape index (κ2) is 13.3. The number of halogens is 1. The number of rotatable bonds is 12. The number of carbonyl (C=O) groups is 2. The molecule has 3 rings (SSSR count). The molecule has 0 aliphatic carbocycles. The van der Waals surface area contributed by atoms with Crippen LogP contribution in [-0.4, -0.2) is 51.0 Å². The Balaban J connectivity index is 1.84. The van der Waals surface area contributed by atoms with E-state index >= 15 is 0 Å². The number of nitrogens with one attached hydrogen (secondary N) is 1. The molecular weight excluding hydrogens is 526 g/mol. The number of anilines is 1. The highest BCUT2D eigenvalue weighted by atomic mass is 35.5. The molecule has 1 N–H and O–H groups in total. The molecule has 10 heteroatoms. The monoisotopic (exact) mass is 557 g/mol. The van der Waals surface area contributed by atoms with E-state index in [0.29, 0.717) is 35.1 Å². The van der Waals surface area contributed by atoms with E-state index in [-0.39, 0.29) is 12.5 Å². The smallest absolute Gasteiger partial charge is 0.244 e. The zero-order valence-electron chi connectivity index (χ0n) is 21.6. The predicted molar refractivity (Wildman–Crippen MR) is 150 cm³/mol. The van der Waals surface area contributed by atoms with Crippen LogP contribution in [0.25, 0.3) is 0 Å². The molecule has 0 spiro atoms. The van der Waals surface area contributed by atoms with Crippen molar-refractivity contribution in [2.24, 2.45) is 0 Å². The van der Waals surface area contributed by atoms with E-state index in [2.05, 4.69) is 5.32 Å². The van der Waals surface area contributed by atoms with Gasteiger partial charge in [0, 0.05) is 18.6 Å². The van der Waals surface area contributed by atoms with Crippen molar-refractivity contribution < 1.29 is 22.7 Å². The zero-order valence-corrected chi connectivity index (χ0v) is 23.2. The van der Waals surface area contributed by atoms with E-state index < -0.39 is 28.5 Å². The summed E-state index contributed by atoms with van der Waals surface area (Å²) < 4.78 is 32.3. The first-order chi connectivity index (χ1) is 18.1. The summed E-state index contributed by atoms with van der Waals surface area (Å²) in [6.45, 7) is 1.72. The number of sulfonamides is 1. The zero-order chi connectivity index (χ0) is 27.7. The van der Waals surface area contributed by atoms with Crippen LogP contribution in [0.3, 0.4) is 0 Å². The molecule has 38 heavy (non-hydrogen) atoms. The third kappa shape index (κ3) is 7.72. The van der Waals surface area contributed by atoms with Crippen LogP contribution in [0.2, 0.25) is 5.02 Å². The summed E-state index contributed by atoms with van der Waals surface area (Å²) in [5, 5.41) is 3.03. The quantitative estimate of drug-likeness (QED) is 0.359.